The van der Waals surface area contributed by atoms with Crippen molar-refractivity contribution < 1.29 is 9.59 Å². The summed E-state index contributed by atoms with van der Waals surface area (Å²) in [5.41, 5.74) is 1.08. The monoisotopic (exact) mass is 243 g/mol. The van der Waals surface area contributed by atoms with E-state index in [1.807, 2.05) is 13.0 Å². The number of amides is 2. The van der Waals surface area contributed by atoms with E-state index in [9.17, 15) is 9.59 Å². The summed E-state index contributed by atoms with van der Waals surface area (Å²) in [5, 5.41) is 0. The van der Waals surface area contributed by atoms with E-state index in [0.29, 0.717) is 17.7 Å². The molecule has 0 aromatic heterocycles. The van der Waals surface area contributed by atoms with Gasteiger partial charge in [-0.05, 0) is 38.3 Å². The maximum atomic E-state index is 12.0. The second kappa shape index (κ2) is 5.63. The average molecular weight is 243 g/mol. The van der Waals surface area contributed by atoms with Crippen LogP contribution in [0.1, 0.15) is 46.9 Å². The molecule has 2 rings (SSSR count). The SMILES string of the molecule is C/C=C\CCCCN1C(=O)c2ccccc2C1=O. The maximum absolute atomic E-state index is 12.0. The minimum atomic E-state index is -0.151. The predicted octanol–water partition coefficient (Wildman–Crippen LogP) is 3.03. The molecule has 0 spiro atoms. The zero-order valence-corrected chi connectivity index (χ0v) is 10.6. The van der Waals surface area contributed by atoms with Gasteiger partial charge in [-0.2, -0.15) is 0 Å². The first kappa shape index (κ1) is 12.6. The average Bonchev–Trinajstić information content (AvgIpc) is 2.64. The Morgan fingerprint density at radius 3 is 2.22 bits per heavy atom. The fraction of sp³-hybridized carbons (Fsp3) is 0.333. The molecule has 0 radical (unpaired) electrons. The van der Waals surface area contributed by atoms with Crippen molar-refractivity contribution in [1.82, 2.24) is 4.90 Å². The number of rotatable bonds is 5. The fourth-order valence-corrected chi connectivity index (χ4v) is 2.14. The van der Waals surface area contributed by atoms with Crippen LogP contribution in [-0.4, -0.2) is 23.3 Å². The molecule has 0 saturated heterocycles. The highest BCUT2D eigenvalue weighted by atomic mass is 16.2. The van der Waals surface area contributed by atoms with E-state index < -0.39 is 0 Å². The van der Waals surface area contributed by atoms with Crippen molar-refractivity contribution in [3.8, 4) is 0 Å². The number of carbonyl (C=O) groups is 2. The highest BCUT2D eigenvalue weighted by Gasteiger charge is 2.34. The normalized spacial score (nSPS) is 14.6. The number of nitrogens with zero attached hydrogens (tertiary/aromatic N) is 1. The molecule has 0 bridgehead atoms. The highest BCUT2D eigenvalue weighted by molar-refractivity contribution is 6.21. The summed E-state index contributed by atoms with van der Waals surface area (Å²) >= 11 is 0. The van der Waals surface area contributed by atoms with Crippen LogP contribution in [0.4, 0.5) is 0 Å². The van der Waals surface area contributed by atoms with Crippen molar-refractivity contribution in [2.24, 2.45) is 0 Å². The first-order chi connectivity index (χ1) is 8.75. The van der Waals surface area contributed by atoms with Gasteiger partial charge in [-0.1, -0.05) is 24.3 Å². The predicted molar refractivity (Wildman–Crippen MR) is 70.5 cm³/mol. The molecule has 1 aromatic rings. The van der Waals surface area contributed by atoms with E-state index in [1.54, 1.807) is 24.3 Å². The molecule has 2 amide bonds. The Hall–Kier alpha value is -1.90. The third-order valence-electron chi connectivity index (χ3n) is 3.12. The molecule has 0 aliphatic carbocycles. The molecule has 1 heterocycles. The number of hydrogen-bond acceptors (Lipinski definition) is 2. The zero-order valence-electron chi connectivity index (χ0n) is 10.6. The summed E-state index contributed by atoms with van der Waals surface area (Å²) in [6.07, 6.45) is 6.97. The molecular formula is C15H17NO2. The molecule has 0 unspecified atom stereocenters. The van der Waals surface area contributed by atoms with Crippen molar-refractivity contribution in [3.63, 3.8) is 0 Å². The first-order valence-corrected chi connectivity index (χ1v) is 6.32. The lowest BCUT2D eigenvalue weighted by Gasteiger charge is -2.12. The Balaban J connectivity index is 1.96. The smallest absolute Gasteiger partial charge is 0.261 e. The number of carbonyl (C=O) groups excluding carboxylic acids is 2. The second-order valence-electron chi connectivity index (χ2n) is 4.37. The summed E-state index contributed by atoms with van der Waals surface area (Å²) < 4.78 is 0. The van der Waals surface area contributed by atoms with Crippen LogP contribution >= 0.6 is 0 Å². The molecular weight excluding hydrogens is 226 g/mol. The van der Waals surface area contributed by atoms with Crippen LogP contribution < -0.4 is 0 Å². The van der Waals surface area contributed by atoms with Crippen molar-refractivity contribution in [2.75, 3.05) is 6.54 Å². The Labute approximate surface area is 107 Å². The molecule has 18 heavy (non-hydrogen) atoms. The van der Waals surface area contributed by atoms with Gasteiger partial charge in [0.25, 0.3) is 11.8 Å². The van der Waals surface area contributed by atoms with E-state index in [4.69, 9.17) is 0 Å². The van der Waals surface area contributed by atoms with E-state index in [-0.39, 0.29) is 11.8 Å². The number of hydrogen-bond donors (Lipinski definition) is 0. The minimum Gasteiger partial charge on any atom is -0.274 e. The van der Waals surface area contributed by atoms with Gasteiger partial charge in [-0.3, -0.25) is 14.5 Å². The summed E-state index contributed by atoms with van der Waals surface area (Å²) in [6, 6.07) is 7.02. The molecule has 0 saturated carbocycles. The summed E-state index contributed by atoms with van der Waals surface area (Å²) in [6.45, 7) is 2.51. The molecule has 3 nitrogen and oxygen atoms in total. The number of fused-ring (bicyclic) bond motifs is 1. The molecule has 1 aliphatic heterocycles. The first-order valence-electron chi connectivity index (χ1n) is 6.32. The van der Waals surface area contributed by atoms with Crippen LogP contribution in [0.3, 0.4) is 0 Å². The number of allylic oxidation sites excluding steroid dienone is 2. The molecule has 0 fully saturated rings. The van der Waals surface area contributed by atoms with Crippen molar-refractivity contribution in [2.45, 2.75) is 26.2 Å². The van der Waals surface area contributed by atoms with Gasteiger partial charge in [-0.15, -0.1) is 0 Å². The van der Waals surface area contributed by atoms with E-state index in [1.165, 1.54) is 4.90 Å². The van der Waals surface area contributed by atoms with Crippen molar-refractivity contribution in [1.29, 1.82) is 0 Å². The Bertz CT molecular complexity index is 456. The standard InChI is InChI=1S/C15H17NO2/c1-2-3-4-5-8-11-16-14(17)12-9-6-7-10-13(12)15(16)18/h2-3,6-7,9-10H,4-5,8,11H2,1H3/b3-2-. The fourth-order valence-electron chi connectivity index (χ4n) is 2.14. The van der Waals surface area contributed by atoms with Gasteiger partial charge in [0.2, 0.25) is 0 Å². The summed E-state index contributed by atoms with van der Waals surface area (Å²) in [4.78, 5) is 25.4. The van der Waals surface area contributed by atoms with Crippen molar-refractivity contribution >= 4 is 11.8 Å². The number of benzene rings is 1. The van der Waals surface area contributed by atoms with Crippen LogP contribution in [0.2, 0.25) is 0 Å². The Morgan fingerprint density at radius 2 is 1.67 bits per heavy atom. The van der Waals surface area contributed by atoms with E-state index in [2.05, 4.69) is 6.08 Å². The topological polar surface area (TPSA) is 37.4 Å². The third kappa shape index (κ3) is 2.35. The van der Waals surface area contributed by atoms with Gasteiger partial charge in [0.15, 0.2) is 0 Å². The molecule has 0 N–H and O–H groups in total. The lowest BCUT2D eigenvalue weighted by molar-refractivity contribution is 0.0652. The molecule has 3 heteroatoms. The number of unbranched alkanes of at least 4 members (excludes halogenated alkanes) is 2. The van der Waals surface area contributed by atoms with Crippen LogP contribution in [0, 0.1) is 0 Å². The Kier molecular flexibility index (Phi) is 3.92. The molecule has 94 valence electrons. The summed E-state index contributed by atoms with van der Waals surface area (Å²) in [5.74, 6) is -0.303. The highest BCUT2D eigenvalue weighted by Crippen LogP contribution is 2.22. The van der Waals surface area contributed by atoms with Crippen LogP contribution in [0.5, 0.6) is 0 Å². The largest absolute Gasteiger partial charge is 0.274 e. The zero-order chi connectivity index (χ0) is 13.0. The maximum Gasteiger partial charge on any atom is 0.261 e. The lowest BCUT2D eigenvalue weighted by atomic mass is 10.1. The molecule has 1 aromatic carbocycles. The van der Waals surface area contributed by atoms with E-state index >= 15 is 0 Å². The van der Waals surface area contributed by atoms with Crippen LogP contribution in [0.25, 0.3) is 0 Å². The Morgan fingerprint density at radius 1 is 1.06 bits per heavy atom. The second-order valence-corrected chi connectivity index (χ2v) is 4.37. The van der Waals surface area contributed by atoms with E-state index in [0.717, 1.165) is 19.3 Å². The van der Waals surface area contributed by atoms with Gasteiger partial charge in [0.1, 0.15) is 0 Å². The quantitative estimate of drug-likeness (QED) is 0.453. The van der Waals surface area contributed by atoms with Crippen LogP contribution in [0.15, 0.2) is 36.4 Å². The minimum absolute atomic E-state index is 0.151. The van der Waals surface area contributed by atoms with Gasteiger partial charge in [0.05, 0.1) is 11.1 Å². The lowest BCUT2D eigenvalue weighted by Crippen LogP contribution is -2.30. The van der Waals surface area contributed by atoms with Gasteiger partial charge in [-0.25, -0.2) is 0 Å². The molecule has 0 atom stereocenters. The van der Waals surface area contributed by atoms with Gasteiger partial charge in [0, 0.05) is 6.54 Å². The van der Waals surface area contributed by atoms with Crippen LogP contribution in [-0.2, 0) is 0 Å². The van der Waals surface area contributed by atoms with Gasteiger partial charge >= 0.3 is 0 Å². The third-order valence-corrected chi connectivity index (χ3v) is 3.12. The summed E-state index contributed by atoms with van der Waals surface area (Å²) in [7, 11) is 0. The van der Waals surface area contributed by atoms with Crippen molar-refractivity contribution in [3.05, 3.63) is 47.5 Å². The van der Waals surface area contributed by atoms with Gasteiger partial charge < -0.3 is 0 Å². The molecule has 1 aliphatic rings. The number of imide groups is 1.